The van der Waals surface area contributed by atoms with Crippen molar-refractivity contribution in [1.82, 2.24) is 0 Å². The van der Waals surface area contributed by atoms with Crippen molar-refractivity contribution in [2.45, 2.75) is 26.4 Å². The fourth-order valence-corrected chi connectivity index (χ4v) is 2.13. The molecule has 1 aromatic rings. The summed E-state index contributed by atoms with van der Waals surface area (Å²) in [7, 11) is 0. The molecule has 0 aromatic heterocycles. The summed E-state index contributed by atoms with van der Waals surface area (Å²) in [6, 6.07) is 1.74. The molecule has 0 radical (unpaired) electrons. The van der Waals surface area contributed by atoms with Crippen molar-refractivity contribution in [1.29, 1.82) is 0 Å². The van der Waals surface area contributed by atoms with Gasteiger partial charge in [-0.3, -0.25) is 0 Å². The van der Waals surface area contributed by atoms with E-state index in [1.54, 1.807) is 6.07 Å². The van der Waals surface area contributed by atoms with Crippen molar-refractivity contribution >= 4 is 11.6 Å². The first-order chi connectivity index (χ1) is 7.15. The topological polar surface area (TPSA) is 38.7 Å². The number of aliphatic hydroxyl groups excluding tert-OH is 1. The molecule has 0 atom stereocenters. The van der Waals surface area contributed by atoms with Crippen LogP contribution in [-0.4, -0.2) is 11.9 Å². The minimum absolute atomic E-state index is 0.0378. The summed E-state index contributed by atoms with van der Waals surface area (Å²) in [6.07, 6.45) is 0. The van der Waals surface area contributed by atoms with Gasteiger partial charge in [0.15, 0.2) is 11.5 Å². The highest BCUT2D eigenvalue weighted by atomic mass is 35.5. The first kappa shape index (κ1) is 10.6. The van der Waals surface area contributed by atoms with E-state index in [2.05, 4.69) is 0 Å². The Bertz CT molecular complexity index is 388. The fraction of sp³-hybridized carbons (Fsp3) is 0.455. The van der Waals surface area contributed by atoms with Gasteiger partial charge >= 0.3 is 0 Å². The maximum Gasteiger partial charge on any atom is 0.231 e. The van der Waals surface area contributed by atoms with Gasteiger partial charge in [-0.15, -0.1) is 0 Å². The maximum atomic E-state index is 9.27. The third-order valence-corrected chi connectivity index (χ3v) is 2.75. The minimum Gasteiger partial charge on any atom is -0.453 e. The van der Waals surface area contributed by atoms with E-state index in [0.717, 1.165) is 11.1 Å². The molecule has 3 nitrogen and oxygen atoms in total. The van der Waals surface area contributed by atoms with Crippen molar-refractivity contribution in [3.63, 3.8) is 0 Å². The molecule has 1 N–H and O–H groups in total. The van der Waals surface area contributed by atoms with Gasteiger partial charge in [0, 0.05) is 5.56 Å². The number of fused-ring (bicyclic) bond motifs is 1. The van der Waals surface area contributed by atoms with Crippen molar-refractivity contribution in [2.24, 2.45) is 0 Å². The molecule has 1 aliphatic rings. The molecule has 4 heteroatoms. The average Bonchev–Trinajstić information content (AvgIpc) is 2.65. The molecular formula is C11H13ClO3. The van der Waals surface area contributed by atoms with Gasteiger partial charge in [-0.1, -0.05) is 25.4 Å². The summed E-state index contributed by atoms with van der Waals surface area (Å²) in [5.41, 5.74) is 1.79. The number of benzene rings is 1. The van der Waals surface area contributed by atoms with Crippen LogP contribution in [0.25, 0.3) is 0 Å². The van der Waals surface area contributed by atoms with Crippen molar-refractivity contribution in [3.05, 3.63) is 22.2 Å². The predicted octanol–water partition coefficient (Wildman–Crippen LogP) is 2.68. The quantitative estimate of drug-likeness (QED) is 0.846. The van der Waals surface area contributed by atoms with E-state index in [1.165, 1.54) is 0 Å². The Morgan fingerprint density at radius 3 is 2.67 bits per heavy atom. The van der Waals surface area contributed by atoms with E-state index in [-0.39, 0.29) is 19.3 Å². The lowest BCUT2D eigenvalue weighted by Gasteiger charge is -2.14. The van der Waals surface area contributed by atoms with Crippen LogP contribution >= 0.6 is 11.6 Å². The molecule has 0 amide bonds. The molecule has 1 heterocycles. The summed E-state index contributed by atoms with van der Waals surface area (Å²) in [6.45, 7) is 4.25. The van der Waals surface area contributed by atoms with Crippen LogP contribution in [0.5, 0.6) is 11.5 Å². The molecule has 0 saturated carbocycles. The summed E-state index contributed by atoms with van der Waals surface area (Å²) < 4.78 is 10.7. The number of aliphatic hydroxyl groups is 1. The van der Waals surface area contributed by atoms with Crippen LogP contribution in [0.1, 0.15) is 30.9 Å². The molecule has 0 saturated heterocycles. The summed E-state index contributed by atoms with van der Waals surface area (Å²) >= 11 is 6.01. The van der Waals surface area contributed by atoms with Gasteiger partial charge < -0.3 is 14.6 Å². The number of halogens is 1. The standard InChI is InChI=1S/C11H13ClO3/c1-6(2)9-7(4-13)3-8(12)10-11(9)15-5-14-10/h3,6,13H,4-5H2,1-2H3. The van der Waals surface area contributed by atoms with E-state index in [0.29, 0.717) is 16.5 Å². The molecule has 15 heavy (non-hydrogen) atoms. The van der Waals surface area contributed by atoms with Crippen LogP contribution < -0.4 is 9.47 Å². The van der Waals surface area contributed by atoms with Crippen molar-refractivity contribution in [2.75, 3.05) is 6.79 Å². The number of ether oxygens (including phenoxy) is 2. The van der Waals surface area contributed by atoms with E-state index >= 15 is 0 Å². The Balaban J connectivity index is 2.65. The lowest BCUT2D eigenvalue weighted by atomic mass is 9.96. The maximum absolute atomic E-state index is 9.27. The molecule has 0 fully saturated rings. The van der Waals surface area contributed by atoms with Crippen LogP contribution in [-0.2, 0) is 6.61 Å². The van der Waals surface area contributed by atoms with Crippen LogP contribution in [0.15, 0.2) is 6.07 Å². The zero-order valence-corrected chi connectivity index (χ0v) is 9.47. The lowest BCUT2D eigenvalue weighted by molar-refractivity contribution is 0.173. The highest BCUT2D eigenvalue weighted by molar-refractivity contribution is 6.32. The van der Waals surface area contributed by atoms with Crippen molar-refractivity contribution in [3.8, 4) is 11.5 Å². The monoisotopic (exact) mass is 228 g/mol. The summed E-state index contributed by atoms with van der Waals surface area (Å²) in [5.74, 6) is 1.54. The first-order valence-corrected chi connectivity index (χ1v) is 5.24. The molecule has 1 aromatic carbocycles. The van der Waals surface area contributed by atoms with Gasteiger partial charge in [0.2, 0.25) is 6.79 Å². The largest absolute Gasteiger partial charge is 0.453 e. The summed E-state index contributed by atoms with van der Waals surface area (Å²) in [5, 5.41) is 9.76. The summed E-state index contributed by atoms with van der Waals surface area (Å²) in [4.78, 5) is 0. The fourth-order valence-electron chi connectivity index (χ4n) is 1.86. The molecule has 0 spiro atoms. The zero-order valence-electron chi connectivity index (χ0n) is 8.71. The highest BCUT2D eigenvalue weighted by Crippen LogP contribution is 2.46. The van der Waals surface area contributed by atoms with Gasteiger partial charge in [-0.25, -0.2) is 0 Å². The number of hydrogen-bond acceptors (Lipinski definition) is 3. The molecule has 2 rings (SSSR count). The van der Waals surface area contributed by atoms with Gasteiger partial charge in [-0.2, -0.15) is 0 Å². The molecule has 82 valence electrons. The Morgan fingerprint density at radius 1 is 1.40 bits per heavy atom. The van der Waals surface area contributed by atoms with Gasteiger partial charge in [0.05, 0.1) is 11.6 Å². The van der Waals surface area contributed by atoms with Crippen molar-refractivity contribution < 1.29 is 14.6 Å². The van der Waals surface area contributed by atoms with E-state index < -0.39 is 0 Å². The molecule has 0 aliphatic carbocycles. The first-order valence-electron chi connectivity index (χ1n) is 4.87. The lowest BCUT2D eigenvalue weighted by Crippen LogP contribution is -1.99. The van der Waals surface area contributed by atoms with Crippen LogP contribution in [0.2, 0.25) is 5.02 Å². The predicted molar refractivity (Wildman–Crippen MR) is 57.6 cm³/mol. The van der Waals surface area contributed by atoms with Crippen LogP contribution in [0.3, 0.4) is 0 Å². The van der Waals surface area contributed by atoms with E-state index in [1.807, 2.05) is 13.8 Å². The second-order valence-corrected chi connectivity index (χ2v) is 4.22. The third-order valence-electron chi connectivity index (χ3n) is 2.47. The average molecular weight is 229 g/mol. The number of hydrogen-bond donors (Lipinski definition) is 1. The van der Waals surface area contributed by atoms with Gasteiger partial charge in [-0.05, 0) is 17.5 Å². The van der Waals surface area contributed by atoms with Crippen LogP contribution in [0, 0.1) is 0 Å². The van der Waals surface area contributed by atoms with Crippen LogP contribution in [0.4, 0.5) is 0 Å². The van der Waals surface area contributed by atoms with Gasteiger partial charge in [0.1, 0.15) is 0 Å². The zero-order chi connectivity index (χ0) is 11.0. The molecule has 1 aliphatic heterocycles. The SMILES string of the molecule is CC(C)c1c(CO)cc(Cl)c2c1OCO2. The normalized spacial score (nSPS) is 13.7. The van der Waals surface area contributed by atoms with E-state index in [4.69, 9.17) is 21.1 Å². The van der Waals surface area contributed by atoms with Gasteiger partial charge in [0.25, 0.3) is 0 Å². The molecule has 0 unspecified atom stereocenters. The second kappa shape index (κ2) is 3.91. The van der Waals surface area contributed by atoms with E-state index in [9.17, 15) is 5.11 Å². The molecule has 0 bridgehead atoms. The highest BCUT2D eigenvalue weighted by Gasteiger charge is 2.25. The Morgan fingerprint density at radius 2 is 2.07 bits per heavy atom. The minimum atomic E-state index is -0.0378. The third kappa shape index (κ3) is 1.66. The Labute approximate surface area is 93.6 Å². The Hall–Kier alpha value is -0.930. The Kier molecular flexibility index (Phi) is 2.76. The second-order valence-electron chi connectivity index (χ2n) is 3.81. The smallest absolute Gasteiger partial charge is 0.231 e. The molecular weight excluding hydrogens is 216 g/mol. The number of rotatable bonds is 2.